The number of hydrogen-bond acceptors (Lipinski definition) is 4. The van der Waals surface area contributed by atoms with Crippen molar-refractivity contribution in [2.24, 2.45) is 17.1 Å². The molecule has 6 heteroatoms. The third kappa shape index (κ3) is 2.35. The van der Waals surface area contributed by atoms with Crippen LogP contribution in [0.5, 0.6) is 0 Å². The summed E-state index contributed by atoms with van der Waals surface area (Å²) in [6.07, 6.45) is 4.27. The molecule has 1 aromatic rings. The van der Waals surface area contributed by atoms with Crippen LogP contribution in [0.15, 0.2) is 0 Å². The summed E-state index contributed by atoms with van der Waals surface area (Å²) < 4.78 is 2.19. The predicted molar refractivity (Wildman–Crippen MR) is 79.3 cm³/mol. The van der Waals surface area contributed by atoms with Crippen LogP contribution in [0, 0.1) is 18.3 Å². The summed E-state index contributed by atoms with van der Waals surface area (Å²) in [5.74, 6) is 2.29. The Labute approximate surface area is 125 Å². The van der Waals surface area contributed by atoms with Crippen molar-refractivity contribution in [3.63, 3.8) is 0 Å². The maximum Gasteiger partial charge on any atom is 0.225 e. The van der Waals surface area contributed by atoms with E-state index in [2.05, 4.69) is 26.6 Å². The van der Waals surface area contributed by atoms with Gasteiger partial charge < -0.3 is 10.3 Å². The normalized spacial score (nSPS) is 29.0. The fourth-order valence-corrected chi connectivity index (χ4v) is 4.17. The summed E-state index contributed by atoms with van der Waals surface area (Å²) in [4.78, 5) is 14.3. The average Bonchev–Trinajstić information content (AvgIpc) is 3.06. The van der Waals surface area contributed by atoms with E-state index in [1.54, 1.807) is 0 Å². The molecule has 0 spiro atoms. The van der Waals surface area contributed by atoms with Gasteiger partial charge in [0.05, 0.1) is 12.0 Å². The molecule has 3 rings (SSSR count). The summed E-state index contributed by atoms with van der Waals surface area (Å²) in [7, 11) is 0. The molecule has 2 atom stereocenters. The molecule has 1 aromatic heterocycles. The smallest absolute Gasteiger partial charge is 0.225 e. The first-order chi connectivity index (χ1) is 10.1. The highest BCUT2D eigenvalue weighted by atomic mass is 16.1. The van der Waals surface area contributed by atoms with Crippen LogP contribution in [0.1, 0.15) is 44.3 Å². The topological polar surface area (TPSA) is 77.0 Å². The van der Waals surface area contributed by atoms with Crippen LogP contribution in [0.2, 0.25) is 0 Å². The first-order valence-electron chi connectivity index (χ1n) is 7.98. The van der Waals surface area contributed by atoms with Crippen LogP contribution in [0.3, 0.4) is 0 Å². The minimum Gasteiger partial charge on any atom is -0.369 e. The van der Waals surface area contributed by atoms with E-state index in [1.807, 2.05) is 6.92 Å². The van der Waals surface area contributed by atoms with Crippen molar-refractivity contribution in [1.29, 1.82) is 0 Å². The molecule has 1 aliphatic carbocycles. The van der Waals surface area contributed by atoms with Gasteiger partial charge in [0.1, 0.15) is 11.6 Å². The van der Waals surface area contributed by atoms with Crippen LogP contribution in [-0.4, -0.2) is 38.7 Å². The second-order valence-electron chi connectivity index (χ2n) is 6.59. The molecular formula is C15H25N5O. The third-order valence-corrected chi connectivity index (χ3v) is 5.26. The maximum absolute atomic E-state index is 11.9. The van der Waals surface area contributed by atoms with Gasteiger partial charge in [0, 0.05) is 19.6 Å². The minimum absolute atomic E-state index is 0.112. The molecule has 1 aliphatic heterocycles. The molecule has 2 aliphatic rings. The number of aryl methyl sites for hydroxylation is 1. The first kappa shape index (κ1) is 14.5. The number of nitrogens with zero attached hydrogens (tertiary/aromatic N) is 4. The zero-order valence-electron chi connectivity index (χ0n) is 13.0. The van der Waals surface area contributed by atoms with Crippen LogP contribution in [-0.2, 0) is 17.9 Å². The number of primary amides is 1. The molecule has 21 heavy (non-hydrogen) atoms. The van der Waals surface area contributed by atoms with Gasteiger partial charge in [0.2, 0.25) is 5.91 Å². The van der Waals surface area contributed by atoms with Crippen molar-refractivity contribution in [2.75, 3.05) is 13.1 Å². The Balaban J connectivity index is 1.74. The van der Waals surface area contributed by atoms with E-state index in [-0.39, 0.29) is 11.3 Å². The van der Waals surface area contributed by atoms with Gasteiger partial charge in [0.15, 0.2) is 0 Å². The van der Waals surface area contributed by atoms with Crippen molar-refractivity contribution < 1.29 is 4.79 Å². The molecular weight excluding hydrogens is 266 g/mol. The summed E-state index contributed by atoms with van der Waals surface area (Å²) >= 11 is 0. The second kappa shape index (κ2) is 5.40. The molecule has 0 aromatic carbocycles. The highest BCUT2D eigenvalue weighted by molar-refractivity contribution is 5.82. The predicted octanol–water partition coefficient (Wildman–Crippen LogP) is 1.08. The van der Waals surface area contributed by atoms with Gasteiger partial charge in [-0.05, 0) is 32.1 Å². The standard InChI is InChI=1S/C15H25N5O/c1-3-7-20-11(2)17-18-13(20)9-19-8-12-5-4-6-15(12,10-19)14(16)21/h12H,3-10H2,1-2H3,(H2,16,21)/t12-,15-/m0/s1. The molecule has 0 unspecified atom stereocenters. The lowest BCUT2D eigenvalue weighted by Crippen LogP contribution is -2.40. The molecule has 0 radical (unpaired) electrons. The molecule has 1 saturated heterocycles. The Hall–Kier alpha value is -1.43. The number of fused-ring (bicyclic) bond motifs is 1. The maximum atomic E-state index is 11.9. The zero-order chi connectivity index (χ0) is 15.0. The average molecular weight is 291 g/mol. The van der Waals surface area contributed by atoms with Crippen LogP contribution < -0.4 is 5.73 Å². The van der Waals surface area contributed by atoms with E-state index < -0.39 is 0 Å². The molecule has 2 fully saturated rings. The van der Waals surface area contributed by atoms with Gasteiger partial charge in [-0.3, -0.25) is 9.69 Å². The quantitative estimate of drug-likeness (QED) is 0.881. The number of rotatable bonds is 5. The van der Waals surface area contributed by atoms with Gasteiger partial charge in [-0.25, -0.2) is 0 Å². The molecule has 2 N–H and O–H groups in total. The number of likely N-dealkylation sites (tertiary alicyclic amines) is 1. The first-order valence-corrected chi connectivity index (χ1v) is 7.98. The number of amides is 1. The van der Waals surface area contributed by atoms with E-state index in [4.69, 9.17) is 5.73 Å². The van der Waals surface area contributed by atoms with E-state index in [0.29, 0.717) is 5.92 Å². The summed E-state index contributed by atoms with van der Waals surface area (Å²) in [5.41, 5.74) is 5.43. The van der Waals surface area contributed by atoms with Gasteiger partial charge in [-0.15, -0.1) is 10.2 Å². The molecule has 1 amide bonds. The fourth-order valence-electron chi connectivity index (χ4n) is 4.17. The van der Waals surface area contributed by atoms with Crippen LogP contribution >= 0.6 is 0 Å². The van der Waals surface area contributed by atoms with Crippen LogP contribution in [0.25, 0.3) is 0 Å². The second-order valence-corrected chi connectivity index (χ2v) is 6.59. The molecule has 6 nitrogen and oxygen atoms in total. The van der Waals surface area contributed by atoms with E-state index in [1.165, 1.54) is 0 Å². The lowest BCUT2D eigenvalue weighted by atomic mass is 9.80. The SMILES string of the molecule is CCCn1c(C)nnc1CN1C[C@@H]2CCC[C@]2(C(N)=O)C1. The van der Waals surface area contributed by atoms with E-state index in [0.717, 1.165) is 63.5 Å². The van der Waals surface area contributed by atoms with Crippen molar-refractivity contribution in [3.05, 3.63) is 11.6 Å². The number of nitrogens with two attached hydrogens (primary N) is 1. The van der Waals surface area contributed by atoms with Gasteiger partial charge in [0.25, 0.3) is 0 Å². The lowest BCUT2D eigenvalue weighted by Gasteiger charge is -2.24. The number of aromatic nitrogens is 3. The molecule has 2 heterocycles. The number of carbonyl (C=O) groups excluding carboxylic acids is 1. The Bertz CT molecular complexity index is 540. The summed E-state index contributed by atoms with van der Waals surface area (Å²) in [6.45, 7) is 7.62. The largest absolute Gasteiger partial charge is 0.369 e. The number of hydrogen-bond donors (Lipinski definition) is 1. The van der Waals surface area contributed by atoms with Gasteiger partial charge in [-0.1, -0.05) is 13.3 Å². The van der Waals surface area contributed by atoms with Gasteiger partial charge in [-0.2, -0.15) is 0 Å². The Kier molecular flexibility index (Phi) is 3.73. The zero-order valence-corrected chi connectivity index (χ0v) is 13.0. The monoisotopic (exact) mass is 291 g/mol. The van der Waals surface area contributed by atoms with Crippen molar-refractivity contribution in [3.8, 4) is 0 Å². The molecule has 1 saturated carbocycles. The molecule has 116 valence electrons. The van der Waals surface area contributed by atoms with Crippen molar-refractivity contribution in [1.82, 2.24) is 19.7 Å². The minimum atomic E-state index is -0.287. The Morgan fingerprint density at radius 3 is 2.95 bits per heavy atom. The van der Waals surface area contributed by atoms with E-state index >= 15 is 0 Å². The summed E-state index contributed by atoms with van der Waals surface area (Å²) in [6, 6.07) is 0. The summed E-state index contributed by atoms with van der Waals surface area (Å²) in [5, 5.41) is 8.51. The van der Waals surface area contributed by atoms with Crippen molar-refractivity contribution in [2.45, 2.75) is 52.6 Å². The van der Waals surface area contributed by atoms with Gasteiger partial charge >= 0.3 is 0 Å². The fraction of sp³-hybridized carbons (Fsp3) is 0.800. The van der Waals surface area contributed by atoms with Crippen molar-refractivity contribution >= 4 is 5.91 Å². The Morgan fingerprint density at radius 1 is 1.48 bits per heavy atom. The highest BCUT2D eigenvalue weighted by Gasteiger charge is 2.53. The lowest BCUT2D eigenvalue weighted by molar-refractivity contribution is -0.128. The molecule has 0 bridgehead atoms. The number of carbonyl (C=O) groups is 1. The van der Waals surface area contributed by atoms with Crippen LogP contribution in [0.4, 0.5) is 0 Å². The highest BCUT2D eigenvalue weighted by Crippen LogP contribution is 2.48. The third-order valence-electron chi connectivity index (χ3n) is 5.26. The van der Waals surface area contributed by atoms with E-state index in [9.17, 15) is 4.79 Å². The Morgan fingerprint density at radius 2 is 2.29 bits per heavy atom.